The highest BCUT2D eigenvalue weighted by Gasteiger charge is 2.25. The van der Waals surface area contributed by atoms with E-state index in [0.29, 0.717) is 0 Å². The molecule has 1 aliphatic carbocycles. The summed E-state index contributed by atoms with van der Waals surface area (Å²) in [5.41, 5.74) is 0.957. The average Bonchev–Trinajstić information content (AvgIpc) is 2.40. The Kier molecular flexibility index (Phi) is 4.53. The van der Waals surface area contributed by atoms with Crippen molar-refractivity contribution in [2.24, 2.45) is 0 Å². The van der Waals surface area contributed by atoms with Crippen LogP contribution in [0.3, 0.4) is 0 Å². The Hall–Kier alpha value is -1.61. The average molecular weight is 246 g/mol. The molecule has 0 unspecified atom stereocenters. The number of carbonyl (C=O) groups excluding carboxylic acids is 1. The Morgan fingerprint density at radius 3 is 2.67 bits per heavy atom. The van der Waals surface area contributed by atoms with Gasteiger partial charge in [-0.1, -0.05) is 36.8 Å². The van der Waals surface area contributed by atoms with Gasteiger partial charge in [0.25, 0.3) is 0 Å². The molecule has 1 aromatic rings. The lowest BCUT2D eigenvalue weighted by Crippen LogP contribution is -2.33. The Morgan fingerprint density at radius 2 is 1.94 bits per heavy atom. The molecule has 0 bridgehead atoms. The number of carbonyl (C=O) groups is 1. The Labute approximate surface area is 107 Å². The van der Waals surface area contributed by atoms with Crippen LogP contribution in [0, 0.1) is 0 Å². The maximum Gasteiger partial charge on any atom is 0.331 e. The first kappa shape index (κ1) is 12.8. The van der Waals surface area contributed by atoms with E-state index in [1.165, 1.54) is 6.08 Å². The molecule has 0 saturated heterocycles. The number of ether oxygens (including phenoxy) is 1. The lowest BCUT2D eigenvalue weighted by atomic mass is 9.95. The highest BCUT2D eigenvalue weighted by atomic mass is 16.6. The van der Waals surface area contributed by atoms with E-state index in [4.69, 9.17) is 4.74 Å². The third-order valence-electron chi connectivity index (χ3n) is 3.15. The largest absolute Gasteiger partial charge is 0.456 e. The van der Waals surface area contributed by atoms with Crippen LogP contribution in [-0.2, 0) is 9.53 Å². The minimum Gasteiger partial charge on any atom is -0.456 e. The molecule has 0 spiro atoms. The van der Waals surface area contributed by atoms with Gasteiger partial charge in [0, 0.05) is 6.08 Å². The van der Waals surface area contributed by atoms with Crippen molar-refractivity contribution in [2.45, 2.75) is 37.9 Å². The van der Waals surface area contributed by atoms with E-state index in [0.717, 1.165) is 31.2 Å². The third kappa shape index (κ3) is 3.70. The van der Waals surface area contributed by atoms with Crippen molar-refractivity contribution in [1.82, 2.24) is 0 Å². The molecule has 1 aliphatic rings. The molecule has 3 nitrogen and oxygen atoms in total. The zero-order valence-electron chi connectivity index (χ0n) is 10.3. The number of aliphatic hydroxyl groups is 1. The molecule has 0 heterocycles. The SMILES string of the molecule is O=C(/C=C/c1ccccc1)O[C@@H]1CCCC[C@H]1O. The number of hydrogen-bond acceptors (Lipinski definition) is 3. The van der Waals surface area contributed by atoms with Crippen molar-refractivity contribution in [1.29, 1.82) is 0 Å². The van der Waals surface area contributed by atoms with E-state index in [9.17, 15) is 9.90 Å². The van der Waals surface area contributed by atoms with Gasteiger partial charge in [0.2, 0.25) is 0 Å². The van der Waals surface area contributed by atoms with Crippen molar-refractivity contribution >= 4 is 12.0 Å². The molecule has 3 heteroatoms. The van der Waals surface area contributed by atoms with E-state index in [2.05, 4.69) is 0 Å². The first-order chi connectivity index (χ1) is 8.75. The van der Waals surface area contributed by atoms with Crippen LogP contribution in [0.1, 0.15) is 31.2 Å². The molecule has 2 atom stereocenters. The van der Waals surface area contributed by atoms with Crippen LogP contribution >= 0.6 is 0 Å². The summed E-state index contributed by atoms with van der Waals surface area (Å²) in [7, 11) is 0. The van der Waals surface area contributed by atoms with E-state index in [1.807, 2.05) is 30.3 Å². The minimum atomic E-state index is -0.507. The van der Waals surface area contributed by atoms with Gasteiger partial charge in [-0.2, -0.15) is 0 Å². The molecule has 1 saturated carbocycles. The lowest BCUT2D eigenvalue weighted by Gasteiger charge is -2.26. The van der Waals surface area contributed by atoms with E-state index in [-0.39, 0.29) is 12.1 Å². The smallest absolute Gasteiger partial charge is 0.331 e. The Bertz CT molecular complexity index is 411. The summed E-state index contributed by atoms with van der Waals surface area (Å²) in [6.45, 7) is 0. The summed E-state index contributed by atoms with van der Waals surface area (Å²) >= 11 is 0. The molecule has 1 N–H and O–H groups in total. The molecule has 2 rings (SSSR count). The van der Waals surface area contributed by atoms with Crippen LogP contribution in [0.5, 0.6) is 0 Å². The first-order valence-corrected chi connectivity index (χ1v) is 6.37. The monoisotopic (exact) mass is 246 g/mol. The van der Waals surface area contributed by atoms with Crippen molar-refractivity contribution in [3.63, 3.8) is 0 Å². The number of rotatable bonds is 3. The summed E-state index contributed by atoms with van der Waals surface area (Å²) in [5, 5.41) is 9.70. The summed E-state index contributed by atoms with van der Waals surface area (Å²) in [5.74, 6) is -0.384. The lowest BCUT2D eigenvalue weighted by molar-refractivity contribution is -0.151. The van der Waals surface area contributed by atoms with Crippen molar-refractivity contribution in [2.75, 3.05) is 0 Å². The maximum atomic E-state index is 11.6. The second-order valence-electron chi connectivity index (χ2n) is 4.57. The predicted molar refractivity (Wildman–Crippen MR) is 69.8 cm³/mol. The highest BCUT2D eigenvalue weighted by Crippen LogP contribution is 2.21. The molecule has 1 aromatic carbocycles. The molecular formula is C15H18O3. The fraction of sp³-hybridized carbons (Fsp3) is 0.400. The number of hydrogen-bond donors (Lipinski definition) is 1. The van der Waals surface area contributed by atoms with Crippen LogP contribution < -0.4 is 0 Å². The summed E-state index contributed by atoms with van der Waals surface area (Å²) in [4.78, 5) is 11.6. The second kappa shape index (κ2) is 6.36. The topological polar surface area (TPSA) is 46.5 Å². The number of aliphatic hydroxyl groups excluding tert-OH is 1. The van der Waals surface area contributed by atoms with Gasteiger partial charge in [-0.25, -0.2) is 4.79 Å². The quantitative estimate of drug-likeness (QED) is 0.658. The maximum absolute atomic E-state index is 11.6. The van der Waals surface area contributed by atoms with Crippen molar-refractivity contribution in [3.05, 3.63) is 42.0 Å². The predicted octanol–water partition coefficient (Wildman–Crippen LogP) is 2.55. The summed E-state index contributed by atoms with van der Waals surface area (Å²) in [6.07, 6.45) is 5.78. The fourth-order valence-electron chi connectivity index (χ4n) is 2.13. The van der Waals surface area contributed by atoms with Crippen LogP contribution in [0.25, 0.3) is 6.08 Å². The van der Waals surface area contributed by atoms with Gasteiger partial charge >= 0.3 is 5.97 Å². The Morgan fingerprint density at radius 1 is 1.22 bits per heavy atom. The molecule has 0 aromatic heterocycles. The standard InChI is InChI=1S/C15H18O3/c16-13-8-4-5-9-14(13)18-15(17)11-10-12-6-2-1-3-7-12/h1-3,6-7,10-11,13-14,16H,4-5,8-9H2/b11-10+/t13-,14-/m1/s1. The molecule has 0 radical (unpaired) electrons. The third-order valence-corrected chi connectivity index (χ3v) is 3.15. The van der Waals surface area contributed by atoms with Gasteiger partial charge in [0.1, 0.15) is 6.10 Å². The van der Waals surface area contributed by atoms with Gasteiger partial charge in [0.05, 0.1) is 6.10 Å². The molecule has 1 fully saturated rings. The van der Waals surface area contributed by atoms with Gasteiger partial charge in [-0.05, 0) is 30.9 Å². The van der Waals surface area contributed by atoms with Crippen LogP contribution in [0.15, 0.2) is 36.4 Å². The van der Waals surface area contributed by atoms with Crippen molar-refractivity contribution in [3.8, 4) is 0 Å². The highest BCUT2D eigenvalue weighted by molar-refractivity contribution is 5.87. The Balaban J connectivity index is 1.86. The van der Waals surface area contributed by atoms with Gasteiger partial charge in [-0.3, -0.25) is 0 Å². The van der Waals surface area contributed by atoms with E-state index < -0.39 is 6.10 Å². The van der Waals surface area contributed by atoms with Crippen molar-refractivity contribution < 1.29 is 14.6 Å². The van der Waals surface area contributed by atoms with Crippen LogP contribution in [0.2, 0.25) is 0 Å². The van der Waals surface area contributed by atoms with E-state index >= 15 is 0 Å². The van der Waals surface area contributed by atoms with Gasteiger partial charge in [0.15, 0.2) is 0 Å². The first-order valence-electron chi connectivity index (χ1n) is 6.37. The molecule has 0 amide bonds. The molecule has 0 aliphatic heterocycles. The fourth-order valence-corrected chi connectivity index (χ4v) is 2.13. The van der Waals surface area contributed by atoms with Gasteiger partial charge < -0.3 is 9.84 Å². The van der Waals surface area contributed by atoms with Crippen LogP contribution in [0.4, 0.5) is 0 Å². The minimum absolute atomic E-state index is 0.341. The zero-order chi connectivity index (χ0) is 12.8. The summed E-state index contributed by atoms with van der Waals surface area (Å²) < 4.78 is 5.25. The molecule has 18 heavy (non-hydrogen) atoms. The zero-order valence-corrected chi connectivity index (χ0v) is 10.3. The summed E-state index contributed by atoms with van der Waals surface area (Å²) in [6, 6.07) is 9.58. The van der Waals surface area contributed by atoms with Crippen LogP contribution in [-0.4, -0.2) is 23.3 Å². The second-order valence-corrected chi connectivity index (χ2v) is 4.57. The van der Waals surface area contributed by atoms with E-state index in [1.54, 1.807) is 6.08 Å². The van der Waals surface area contributed by atoms with Gasteiger partial charge in [-0.15, -0.1) is 0 Å². The normalized spacial score (nSPS) is 24.1. The number of benzene rings is 1. The molecular weight excluding hydrogens is 228 g/mol. The molecule has 96 valence electrons. The number of esters is 1.